The molecular weight excluding hydrogens is 256 g/mol. The maximum absolute atomic E-state index is 11.4. The number of carbonyl (C=O) groups excluding carboxylic acids is 2. The van der Waals surface area contributed by atoms with Crippen LogP contribution in [0.2, 0.25) is 0 Å². The molecule has 0 aromatic heterocycles. The molecule has 1 fully saturated rings. The molecule has 1 saturated carbocycles. The molecule has 1 aliphatic carbocycles. The molecule has 4 heteroatoms. The van der Waals surface area contributed by atoms with Crippen LogP contribution in [0.1, 0.15) is 77.6 Å². The van der Waals surface area contributed by atoms with Crippen molar-refractivity contribution in [3.8, 4) is 0 Å². The third-order valence-corrected chi connectivity index (χ3v) is 3.62. The van der Waals surface area contributed by atoms with Crippen LogP contribution in [-0.4, -0.2) is 24.6 Å². The molecule has 0 amide bonds. The van der Waals surface area contributed by atoms with Crippen molar-refractivity contribution in [2.75, 3.05) is 6.61 Å². The smallest absolute Gasteiger partial charge is 0.306 e. The molecule has 116 valence electrons. The summed E-state index contributed by atoms with van der Waals surface area (Å²) in [6.45, 7) is 2.69. The van der Waals surface area contributed by atoms with E-state index in [9.17, 15) is 9.59 Å². The van der Waals surface area contributed by atoms with Crippen LogP contribution in [0, 0.1) is 0 Å². The molecule has 0 aromatic rings. The highest BCUT2D eigenvalue weighted by Gasteiger charge is 2.21. The van der Waals surface area contributed by atoms with E-state index in [2.05, 4.69) is 6.92 Å². The van der Waals surface area contributed by atoms with Crippen LogP contribution < -0.4 is 0 Å². The van der Waals surface area contributed by atoms with E-state index >= 15 is 0 Å². The molecule has 0 spiro atoms. The van der Waals surface area contributed by atoms with Crippen molar-refractivity contribution in [3.63, 3.8) is 0 Å². The summed E-state index contributed by atoms with van der Waals surface area (Å²) in [6, 6.07) is 0. The summed E-state index contributed by atoms with van der Waals surface area (Å²) in [6.07, 6.45) is 10.0. The summed E-state index contributed by atoms with van der Waals surface area (Å²) >= 11 is 0. The molecule has 0 saturated heterocycles. The third kappa shape index (κ3) is 8.18. The Kier molecular flexibility index (Phi) is 9.09. The Morgan fingerprint density at radius 3 is 2.25 bits per heavy atom. The normalized spacial score (nSPS) is 14.7. The highest BCUT2D eigenvalue weighted by Crippen LogP contribution is 2.22. The number of unbranched alkanes of at least 4 members (excludes halogenated alkanes) is 4. The number of rotatable bonds is 11. The predicted molar refractivity (Wildman–Crippen MR) is 77.3 cm³/mol. The SMILES string of the molecule is CCCCCCOC(=O)CCCCC(=O)OC1CCC1. The Bertz CT molecular complexity index is 284. The quantitative estimate of drug-likeness (QED) is 0.428. The van der Waals surface area contributed by atoms with E-state index in [4.69, 9.17) is 9.47 Å². The number of esters is 2. The fourth-order valence-electron chi connectivity index (χ4n) is 2.06. The van der Waals surface area contributed by atoms with Gasteiger partial charge in [0.2, 0.25) is 0 Å². The van der Waals surface area contributed by atoms with Gasteiger partial charge in [0, 0.05) is 12.8 Å². The summed E-state index contributed by atoms with van der Waals surface area (Å²) in [5.74, 6) is -0.267. The van der Waals surface area contributed by atoms with Crippen molar-refractivity contribution >= 4 is 11.9 Å². The van der Waals surface area contributed by atoms with E-state index in [1.807, 2.05) is 0 Å². The highest BCUT2D eigenvalue weighted by atomic mass is 16.5. The number of hydrogen-bond acceptors (Lipinski definition) is 4. The molecule has 0 atom stereocenters. The summed E-state index contributed by atoms with van der Waals surface area (Å²) in [5.41, 5.74) is 0. The largest absolute Gasteiger partial charge is 0.466 e. The maximum atomic E-state index is 11.4. The molecule has 0 unspecified atom stereocenters. The van der Waals surface area contributed by atoms with Crippen molar-refractivity contribution < 1.29 is 19.1 Å². The van der Waals surface area contributed by atoms with Crippen molar-refractivity contribution in [3.05, 3.63) is 0 Å². The van der Waals surface area contributed by atoms with Gasteiger partial charge in [-0.1, -0.05) is 26.2 Å². The van der Waals surface area contributed by atoms with E-state index in [1.54, 1.807) is 0 Å². The van der Waals surface area contributed by atoms with Gasteiger partial charge in [0.15, 0.2) is 0 Å². The molecule has 0 N–H and O–H groups in total. The van der Waals surface area contributed by atoms with E-state index in [1.165, 1.54) is 19.3 Å². The zero-order valence-corrected chi connectivity index (χ0v) is 12.7. The first-order valence-electron chi connectivity index (χ1n) is 8.07. The van der Waals surface area contributed by atoms with Gasteiger partial charge in [-0.3, -0.25) is 9.59 Å². The van der Waals surface area contributed by atoms with Crippen LogP contribution in [0.3, 0.4) is 0 Å². The van der Waals surface area contributed by atoms with Gasteiger partial charge in [0.05, 0.1) is 6.61 Å². The second-order valence-corrected chi connectivity index (χ2v) is 5.53. The molecule has 0 aliphatic heterocycles. The summed E-state index contributed by atoms with van der Waals surface area (Å²) in [7, 11) is 0. The van der Waals surface area contributed by atoms with Crippen LogP contribution in [0.4, 0.5) is 0 Å². The van der Waals surface area contributed by atoms with E-state index < -0.39 is 0 Å². The van der Waals surface area contributed by atoms with Crippen molar-refractivity contribution in [2.24, 2.45) is 0 Å². The Morgan fingerprint density at radius 1 is 0.950 bits per heavy atom. The van der Waals surface area contributed by atoms with Gasteiger partial charge < -0.3 is 9.47 Å². The van der Waals surface area contributed by atoms with Gasteiger partial charge >= 0.3 is 11.9 Å². The first-order chi connectivity index (χ1) is 9.72. The van der Waals surface area contributed by atoms with Gasteiger partial charge in [0.25, 0.3) is 0 Å². The fourth-order valence-corrected chi connectivity index (χ4v) is 2.06. The zero-order chi connectivity index (χ0) is 14.6. The minimum absolute atomic E-state index is 0.123. The standard InChI is InChI=1S/C16H28O4/c1-2-3-4-7-13-19-15(17)11-5-6-12-16(18)20-14-9-8-10-14/h14H,2-13H2,1H3. The first-order valence-corrected chi connectivity index (χ1v) is 8.07. The van der Waals surface area contributed by atoms with Crippen molar-refractivity contribution in [1.82, 2.24) is 0 Å². The zero-order valence-electron chi connectivity index (χ0n) is 12.7. The lowest BCUT2D eigenvalue weighted by molar-refractivity contribution is -0.153. The second kappa shape index (κ2) is 10.7. The maximum Gasteiger partial charge on any atom is 0.306 e. The van der Waals surface area contributed by atoms with E-state index in [-0.39, 0.29) is 18.0 Å². The van der Waals surface area contributed by atoms with Gasteiger partial charge in [-0.2, -0.15) is 0 Å². The lowest BCUT2D eigenvalue weighted by atomic mass is 9.96. The summed E-state index contributed by atoms with van der Waals surface area (Å²) in [4.78, 5) is 22.8. The molecule has 0 bridgehead atoms. The Morgan fingerprint density at radius 2 is 1.65 bits per heavy atom. The molecule has 0 aromatic carbocycles. The minimum Gasteiger partial charge on any atom is -0.466 e. The van der Waals surface area contributed by atoms with Gasteiger partial charge in [0.1, 0.15) is 6.10 Å². The van der Waals surface area contributed by atoms with Crippen molar-refractivity contribution in [2.45, 2.75) is 83.7 Å². The highest BCUT2D eigenvalue weighted by molar-refractivity contribution is 5.70. The molecule has 1 aliphatic rings. The molecule has 0 radical (unpaired) electrons. The lowest BCUT2D eigenvalue weighted by Gasteiger charge is -2.25. The van der Waals surface area contributed by atoms with Crippen LogP contribution in [0.15, 0.2) is 0 Å². The van der Waals surface area contributed by atoms with Crippen LogP contribution in [-0.2, 0) is 19.1 Å². The fraction of sp³-hybridized carbons (Fsp3) is 0.875. The Hall–Kier alpha value is -1.06. The van der Waals surface area contributed by atoms with Crippen molar-refractivity contribution in [1.29, 1.82) is 0 Å². The van der Waals surface area contributed by atoms with E-state index in [0.717, 1.165) is 25.7 Å². The average molecular weight is 284 g/mol. The van der Waals surface area contributed by atoms with Gasteiger partial charge in [-0.25, -0.2) is 0 Å². The van der Waals surface area contributed by atoms with Crippen LogP contribution >= 0.6 is 0 Å². The molecule has 0 heterocycles. The monoisotopic (exact) mass is 284 g/mol. The lowest BCUT2D eigenvalue weighted by Crippen LogP contribution is -2.24. The Labute approximate surface area is 122 Å². The molecule has 20 heavy (non-hydrogen) atoms. The third-order valence-electron chi connectivity index (χ3n) is 3.62. The average Bonchev–Trinajstić information content (AvgIpc) is 2.39. The molecule has 4 nitrogen and oxygen atoms in total. The topological polar surface area (TPSA) is 52.6 Å². The van der Waals surface area contributed by atoms with Crippen LogP contribution in [0.25, 0.3) is 0 Å². The van der Waals surface area contributed by atoms with Gasteiger partial charge in [-0.05, 0) is 38.5 Å². The van der Waals surface area contributed by atoms with Gasteiger partial charge in [-0.15, -0.1) is 0 Å². The first kappa shape index (κ1) is 17.0. The number of carbonyl (C=O) groups is 2. The summed E-state index contributed by atoms with van der Waals surface area (Å²) < 4.78 is 10.4. The Balaban J connectivity index is 1.86. The van der Waals surface area contributed by atoms with Crippen LogP contribution in [0.5, 0.6) is 0 Å². The molecular formula is C16H28O4. The minimum atomic E-state index is -0.145. The number of hydrogen-bond donors (Lipinski definition) is 0. The molecule has 1 rings (SSSR count). The number of ether oxygens (including phenoxy) is 2. The van der Waals surface area contributed by atoms with E-state index in [0.29, 0.717) is 32.3 Å². The second-order valence-electron chi connectivity index (χ2n) is 5.53. The summed E-state index contributed by atoms with van der Waals surface area (Å²) in [5, 5.41) is 0. The predicted octanol–water partition coefficient (Wildman–Crippen LogP) is 3.77.